The smallest absolute Gasteiger partial charge is 0.129 e. The molecule has 3 N–H and O–H groups in total. The Labute approximate surface area is 107 Å². The van der Waals surface area contributed by atoms with E-state index in [2.05, 4.69) is 5.32 Å². The summed E-state index contributed by atoms with van der Waals surface area (Å²) >= 11 is 0. The predicted octanol–water partition coefficient (Wildman–Crippen LogP) is 1.75. The lowest BCUT2D eigenvalue weighted by molar-refractivity contribution is 0.0437. The molecular formula is C14H20FNO2. The minimum Gasteiger partial charge on any atom is -0.389 e. The molecule has 0 radical (unpaired) electrons. The number of hydrogen-bond donors (Lipinski definition) is 3. The fourth-order valence-corrected chi connectivity index (χ4v) is 2.51. The van der Waals surface area contributed by atoms with Crippen molar-refractivity contribution in [3.05, 3.63) is 35.6 Å². The van der Waals surface area contributed by atoms with Crippen LogP contribution in [0.2, 0.25) is 0 Å². The molecule has 18 heavy (non-hydrogen) atoms. The number of aliphatic hydroxyl groups is 2. The van der Waals surface area contributed by atoms with Crippen molar-refractivity contribution in [1.82, 2.24) is 5.32 Å². The first-order valence-electron chi connectivity index (χ1n) is 6.46. The monoisotopic (exact) mass is 253 g/mol. The van der Waals surface area contributed by atoms with Crippen LogP contribution in [0.15, 0.2) is 24.3 Å². The second kappa shape index (κ2) is 5.78. The van der Waals surface area contributed by atoms with E-state index >= 15 is 0 Å². The molecule has 4 heteroatoms. The van der Waals surface area contributed by atoms with Crippen LogP contribution in [0.1, 0.15) is 37.4 Å². The molecule has 2 rings (SSSR count). The summed E-state index contributed by atoms with van der Waals surface area (Å²) in [7, 11) is 0. The average molecular weight is 253 g/mol. The Bertz CT molecular complexity index is 391. The highest BCUT2D eigenvalue weighted by atomic mass is 19.1. The van der Waals surface area contributed by atoms with E-state index in [-0.39, 0.29) is 6.54 Å². The molecule has 0 spiro atoms. The van der Waals surface area contributed by atoms with Gasteiger partial charge in [-0.1, -0.05) is 31.0 Å². The highest BCUT2D eigenvalue weighted by Crippen LogP contribution is 2.28. The Kier molecular flexibility index (Phi) is 4.32. The standard InChI is InChI=1S/C14H20FNO2/c15-12-6-2-1-5-11(12)13(17)9-16-10-14(18)7-3-4-8-14/h1-2,5-6,13,16-18H,3-4,7-10H2. The van der Waals surface area contributed by atoms with Gasteiger partial charge in [0.2, 0.25) is 0 Å². The highest BCUT2D eigenvalue weighted by molar-refractivity contribution is 5.19. The average Bonchev–Trinajstić information content (AvgIpc) is 2.77. The SMILES string of the molecule is OC(CNCC1(O)CCCC1)c1ccccc1F. The third-order valence-corrected chi connectivity index (χ3v) is 3.59. The van der Waals surface area contributed by atoms with E-state index in [0.717, 1.165) is 25.7 Å². The van der Waals surface area contributed by atoms with Gasteiger partial charge >= 0.3 is 0 Å². The van der Waals surface area contributed by atoms with Gasteiger partial charge < -0.3 is 15.5 Å². The van der Waals surface area contributed by atoms with Gasteiger partial charge in [0.05, 0.1) is 11.7 Å². The zero-order chi connectivity index (χ0) is 13.0. The van der Waals surface area contributed by atoms with Gasteiger partial charge in [0.25, 0.3) is 0 Å². The Morgan fingerprint density at radius 2 is 1.94 bits per heavy atom. The number of benzene rings is 1. The molecule has 0 bridgehead atoms. The van der Waals surface area contributed by atoms with Crippen molar-refractivity contribution in [2.75, 3.05) is 13.1 Å². The van der Waals surface area contributed by atoms with Crippen LogP contribution in [0, 0.1) is 5.82 Å². The Balaban J connectivity index is 1.82. The first kappa shape index (κ1) is 13.5. The number of aliphatic hydroxyl groups excluding tert-OH is 1. The molecule has 1 atom stereocenters. The molecule has 1 aromatic carbocycles. The first-order chi connectivity index (χ1) is 8.61. The van der Waals surface area contributed by atoms with E-state index in [1.165, 1.54) is 6.07 Å². The van der Waals surface area contributed by atoms with Crippen molar-refractivity contribution in [3.63, 3.8) is 0 Å². The Hall–Kier alpha value is -0.970. The Morgan fingerprint density at radius 3 is 2.61 bits per heavy atom. The van der Waals surface area contributed by atoms with Crippen LogP contribution in [0.5, 0.6) is 0 Å². The van der Waals surface area contributed by atoms with E-state index in [1.54, 1.807) is 18.2 Å². The van der Waals surface area contributed by atoms with Crippen molar-refractivity contribution in [2.45, 2.75) is 37.4 Å². The molecule has 0 heterocycles. The summed E-state index contributed by atoms with van der Waals surface area (Å²) in [6.07, 6.45) is 2.82. The number of nitrogens with one attached hydrogen (secondary N) is 1. The van der Waals surface area contributed by atoms with Crippen LogP contribution >= 0.6 is 0 Å². The molecule has 1 fully saturated rings. The van der Waals surface area contributed by atoms with Gasteiger partial charge in [-0.2, -0.15) is 0 Å². The molecule has 100 valence electrons. The summed E-state index contributed by atoms with van der Waals surface area (Å²) in [5.41, 5.74) is -0.349. The maximum Gasteiger partial charge on any atom is 0.129 e. The van der Waals surface area contributed by atoms with E-state index in [0.29, 0.717) is 12.1 Å². The maximum absolute atomic E-state index is 13.4. The molecule has 0 aromatic heterocycles. The zero-order valence-corrected chi connectivity index (χ0v) is 10.4. The van der Waals surface area contributed by atoms with Crippen LogP contribution in [0.4, 0.5) is 4.39 Å². The lowest BCUT2D eigenvalue weighted by atomic mass is 10.0. The number of halogens is 1. The topological polar surface area (TPSA) is 52.5 Å². The molecule has 1 unspecified atom stereocenters. The van der Waals surface area contributed by atoms with E-state index in [9.17, 15) is 14.6 Å². The van der Waals surface area contributed by atoms with Crippen LogP contribution in [-0.2, 0) is 0 Å². The van der Waals surface area contributed by atoms with E-state index in [1.807, 2.05) is 0 Å². The summed E-state index contributed by atoms with van der Waals surface area (Å²) in [5, 5.41) is 23.0. The normalized spacial score (nSPS) is 19.9. The third-order valence-electron chi connectivity index (χ3n) is 3.59. The van der Waals surface area contributed by atoms with Gasteiger partial charge in [0.15, 0.2) is 0 Å². The predicted molar refractivity (Wildman–Crippen MR) is 67.6 cm³/mol. The quantitative estimate of drug-likeness (QED) is 0.749. The van der Waals surface area contributed by atoms with Gasteiger partial charge in [0.1, 0.15) is 5.82 Å². The largest absolute Gasteiger partial charge is 0.389 e. The molecule has 0 saturated heterocycles. The summed E-state index contributed by atoms with van der Waals surface area (Å²) in [5.74, 6) is -0.397. The van der Waals surface area contributed by atoms with Crippen molar-refractivity contribution >= 4 is 0 Å². The van der Waals surface area contributed by atoms with Crippen molar-refractivity contribution in [1.29, 1.82) is 0 Å². The van der Waals surface area contributed by atoms with Gasteiger partial charge in [-0.15, -0.1) is 0 Å². The molecule has 1 aliphatic carbocycles. The van der Waals surface area contributed by atoms with Crippen LogP contribution in [0.3, 0.4) is 0 Å². The Morgan fingerprint density at radius 1 is 1.28 bits per heavy atom. The molecule has 0 aliphatic heterocycles. The van der Waals surface area contributed by atoms with Gasteiger partial charge in [-0.25, -0.2) is 4.39 Å². The van der Waals surface area contributed by atoms with E-state index < -0.39 is 17.5 Å². The molecular weight excluding hydrogens is 233 g/mol. The fraction of sp³-hybridized carbons (Fsp3) is 0.571. The lowest BCUT2D eigenvalue weighted by Gasteiger charge is -2.23. The van der Waals surface area contributed by atoms with Gasteiger partial charge in [-0.3, -0.25) is 0 Å². The molecule has 0 amide bonds. The zero-order valence-electron chi connectivity index (χ0n) is 10.4. The van der Waals surface area contributed by atoms with Crippen molar-refractivity contribution in [2.24, 2.45) is 0 Å². The summed E-state index contributed by atoms with van der Waals surface area (Å²) in [6, 6.07) is 6.21. The molecule has 1 saturated carbocycles. The van der Waals surface area contributed by atoms with Crippen LogP contribution in [-0.4, -0.2) is 28.9 Å². The van der Waals surface area contributed by atoms with Crippen LogP contribution < -0.4 is 5.32 Å². The first-order valence-corrected chi connectivity index (χ1v) is 6.46. The molecule has 3 nitrogen and oxygen atoms in total. The minimum atomic E-state index is -0.879. The molecule has 1 aliphatic rings. The van der Waals surface area contributed by atoms with Gasteiger partial charge in [-0.05, 0) is 18.9 Å². The van der Waals surface area contributed by atoms with Crippen molar-refractivity contribution < 1.29 is 14.6 Å². The van der Waals surface area contributed by atoms with Crippen molar-refractivity contribution in [3.8, 4) is 0 Å². The lowest BCUT2D eigenvalue weighted by Crippen LogP contribution is -2.39. The number of rotatable bonds is 5. The maximum atomic E-state index is 13.4. The highest BCUT2D eigenvalue weighted by Gasteiger charge is 2.30. The second-order valence-electron chi connectivity index (χ2n) is 5.10. The van der Waals surface area contributed by atoms with E-state index in [4.69, 9.17) is 0 Å². The summed E-state index contributed by atoms with van der Waals surface area (Å²) in [6.45, 7) is 0.710. The third kappa shape index (κ3) is 3.28. The molecule has 1 aromatic rings. The number of hydrogen-bond acceptors (Lipinski definition) is 3. The van der Waals surface area contributed by atoms with Gasteiger partial charge in [0, 0.05) is 18.7 Å². The summed E-state index contributed by atoms with van der Waals surface area (Å²) < 4.78 is 13.4. The second-order valence-corrected chi connectivity index (χ2v) is 5.10. The van der Waals surface area contributed by atoms with Crippen LogP contribution in [0.25, 0.3) is 0 Å². The summed E-state index contributed by atoms with van der Waals surface area (Å²) in [4.78, 5) is 0. The fourth-order valence-electron chi connectivity index (χ4n) is 2.51. The minimum absolute atomic E-state index is 0.253.